The van der Waals surface area contributed by atoms with Gasteiger partial charge in [0.05, 0.1) is 7.11 Å². The number of aryl methyl sites for hydroxylation is 1. The van der Waals surface area contributed by atoms with Crippen LogP contribution in [-0.4, -0.2) is 59.8 Å². The van der Waals surface area contributed by atoms with Crippen molar-refractivity contribution in [1.82, 2.24) is 19.9 Å². The van der Waals surface area contributed by atoms with Crippen LogP contribution >= 0.6 is 11.3 Å². The number of benzene rings is 1. The van der Waals surface area contributed by atoms with E-state index in [1.54, 1.807) is 17.0 Å². The van der Waals surface area contributed by atoms with Crippen LogP contribution in [0.2, 0.25) is 0 Å². The summed E-state index contributed by atoms with van der Waals surface area (Å²) in [7, 11) is -1.66. The molecule has 4 rings (SSSR count). The maximum atomic E-state index is 13.0. The molecule has 11 heteroatoms. The number of fused-ring (bicyclic) bond motifs is 1. The summed E-state index contributed by atoms with van der Waals surface area (Å²) in [4.78, 5) is 27.8. The molecule has 1 atom stereocenters. The number of likely N-dealkylation sites (tertiary alicyclic amines) is 1. The summed E-state index contributed by atoms with van der Waals surface area (Å²) < 4.78 is 28.8. The minimum absolute atomic E-state index is 0.292. The van der Waals surface area contributed by atoms with Crippen molar-refractivity contribution in [2.75, 3.05) is 25.5 Å². The molecule has 2 amide bonds. The molecule has 0 bridgehead atoms. The zero-order valence-electron chi connectivity index (χ0n) is 16.6. The molecule has 0 aliphatic carbocycles. The number of amides is 2. The highest BCUT2D eigenvalue weighted by Crippen LogP contribution is 2.30. The predicted octanol–water partition coefficient (Wildman–Crippen LogP) is 3.03. The molecular weight excluding hydrogens is 426 g/mol. The van der Waals surface area contributed by atoms with Crippen molar-refractivity contribution in [2.45, 2.75) is 29.9 Å². The van der Waals surface area contributed by atoms with Crippen molar-refractivity contribution in [3.05, 3.63) is 36.2 Å². The molecule has 1 saturated heterocycles. The van der Waals surface area contributed by atoms with E-state index in [2.05, 4.69) is 20.3 Å². The number of ether oxygens (including phenoxy) is 1. The van der Waals surface area contributed by atoms with Crippen LogP contribution in [0.4, 0.5) is 9.93 Å². The van der Waals surface area contributed by atoms with Gasteiger partial charge in [0.15, 0.2) is 15.5 Å². The summed E-state index contributed by atoms with van der Waals surface area (Å²) >= 11 is 1.24. The number of methoxy groups -OCH3 is 1. The monoisotopic (exact) mass is 448 g/mol. The quantitative estimate of drug-likeness (QED) is 0.613. The Kier molecular flexibility index (Phi) is 5.56. The maximum absolute atomic E-state index is 13.0. The number of nitrogens with zero attached hydrogens (tertiary/aromatic N) is 4. The summed E-state index contributed by atoms with van der Waals surface area (Å²) in [5.74, 6) is 0.353. The standard InChI is InChI=1S/C19H21N5O4S2/c1-12-3-5-13(6-4-12)30(26,27)14-7-9-24(10-8-14)19(25)23-18-22-15-16(28-2)20-11-21-17(15)29-18/h3-6,11,14H,7-10H2,1-2H3,(H,22,23,25)/p+1. The average Bonchev–Trinajstić information content (AvgIpc) is 3.16. The number of urea groups is 1. The molecule has 3 aromatic rings. The van der Waals surface area contributed by atoms with Gasteiger partial charge in [-0.15, -0.1) is 0 Å². The van der Waals surface area contributed by atoms with E-state index < -0.39 is 9.84 Å². The molecule has 0 radical (unpaired) electrons. The lowest BCUT2D eigenvalue weighted by molar-refractivity contribution is 0.200. The van der Waals surface area contributed by atoms with E-state index in [0.717, 1.165) is 5.56 Å². The topological polar surface area (TPSA) is 119 Å². The molecule has 0 spiro atoms. The molecule has 1 aromatic carbocycles. The highest BCUT2D eigenvalue weighted by Gasteiger charge is 2.36. The second kappa shape index (κ2) is 8.15. The fourth-order valence-electron chi connectivity index (χ4n) is 3.41. The van der Waals surface area contributed by atoms with Crippen molar-refractivity contribution in [2.24, 2.45) is 0 Å². The average molecular weight is 449 g/mol. The Morgan fingerprint density at radius 3 is 2.63 bits per heavy atom. The Morgan fingerprint density at radius 1 is 1.27 bits per heavy atom. The minimum Gasteiger partial charge on any atom is -0.479 e. The third-order valence-electron chi connectivity index (χ3n) is 5.11. The lowest BCUT2D eigenvalue weighted by Crippen LogP contribution is -2.44. The Balaban J connectivity index is 1.40. The van der Waals surface area contributed by atoms with Gasteiger partial charge in [-0.05, 0) is 31.9 Å². The lowest BCUT2D eigenvalue weighted by atomic mass is 10.1. The van der Waals surface area contributed by atoms with Crippen molar-refractivity contribution >= 4 is 42.7 Å². The summed E-state index contributed by atoms with van der Waals surface area (Å²) in [6.45, 7) is 2.73. The molecule has 1 aliphatic rings. The molecular formula is C19H22N5O4S2+. The van der Waals surface area contributed by atoms with Crippen LogP contribution in [0.5, 0.6) is 5.88 Å². The summed E-state index contributed by atoms with van der Waals surface area (Å²) in [6, 6.07) is 6.80. The molecule has 0 saturated carbocycles. The van der Waals surface area contributed by atoms with Gasteiger partial charge >= 0.3 is 15.9 Å². The van der Waals surface area contributed by atoms with E-state index in [1.807, 2.05) is 19.1 Å². The fourth-order valence-corrected chi connectivity index (χ4v) is 5.96. The number of carbonyl (C=O) groups excluding carboxylic acids is 1. The zero-order chi connectivity index (χ0) is 21.3. The van der Waals surface area contributed by atoms with E-state index in [9.17, 15) is 13.2 Å². The molecule has 2 aromatic heterocycles. The van der Waals surface area contributed by atoms with E-state index in [4.69, 9.17) is 4.74 Å². The van der Waals surface area contributed by atoms with Crippen LogP contribution in [-0.2, 0) is 9.84 Å². The van der Waals surface area contributed by atoms with Crippen LogP contribution in [0.1, 0.15) is 18.4 Å². The number of nitrogens with one attached hydrogen (secondary N) is 1. The minimum atomic E-state index is -3.16. The normalized spacial score (nSPS) is 16.9. The molecule has 9 nitrogen and oxygen atoms in total. The fraction of sp³-hybridized carbons (Fsp3) is 0.368. The Morgan fingerprint density at radius 2 is 1.97 bits per heavy atom. The van der Waals surface area contributed by atoms with Gasteiger partial charge in [0.25, 0.3) is 0 Å². The third kappa shape index (κ3) is 3.94. The molecule has 1 aliphatic heterocycles. The number of hydrogen-bond acceptors (Lipinski definition) is 7. The maximum Gasteiger partial charge on any atom is 0.323 e. The van der Waals surface area contributed by atoms with Crippen molar-refractivity contribution in [1.29, 1.82) is 0 Å². The first-order valence-corrected chi connectivity index (χ1v) is 11.8. The molecule has 158 valence electrons. The first kappa shape index (κ1) is 20.5. The largest absolute Gasteiger partial charge is 0.479 e. The molecule has 1 unspecified atom stereocenters. The van der Waals surface area contributed by atoms with Gasteiger partial charge in [-0.1, -0.05) is 29.0 Å². The number of carbonyl (C=O) groups is 1. The van der Waals surface area contributed by atoms with Gasteiger partial charge in [0.1, 0.15) is 16.5 Å². The van der Waals surface area contributed by atoms with Crippen molar-refractivity contribution in [3.8, 4) is 5.88 Å². The second-order valence-corrected chi connectivity index (χ2v) is 10.3. The van der Waals surface area contributed by atoms with Gasteiger partial charge in [-0.3, -0.25) is 5.32 Å². The number of anilines is 1. The van der Waals surface area contributed by atoms with Gasteiger partial charge in [-0.25, -0.2) is 19.0 Å². The van der Waals surface area contributed by atoms with Crippen LogP contribution in [0.25, 0.3) is 10.3 Å². The van der Waals surface area contributed by atoms with E-state index in [1.165, 1.54) is 24.8 Å². The lowest BCUT2D eigenvalue weighted by Gasteiger charge is -2.30. The van der Waals surface area contributed by atoms with E-state index in [0.29, 0.717) is 52.2 Å². The molecule has 30 heavy (non-hydrogen) atoms. The van der Waals surface area contributed by atoms with Crippen LogP contribution < -0.4 is 10.1 Å². The Hall–Kier alpha value is -2.79. The number of hydrogen-bond donors (Lipinski definition) is 1. The molecule has 1 fully saturated rings. The summed E-state index contributed by atoms with van der Waals surface area (Å²) in [5, 5.41) is 2.80. The SMILES string of the molecule is COc1ncnc2sc(NC(=O)N3CCC(S(=O)(=[OH+])c4ccc(C)cc4)CC3)nc12. The number of rotatable bonds is 4. The first-order valence-electron chi connectivity index (χ1n) is 9.42. The highest BCUT2D eigenvalue weighted by atomic mass is 32.2. The number of thiazole rings is 1. The Bertz CT molecular complexity index is 1170. The van der Waals surface area contributed by atoms with Gasteiger partial charge in [0, 0.05) is 13.1 Å². The Labute approximate surface area is 178 Å². The molecule has 2 N–H and O–H groups in total. The molecule has 3 heterocycles. The number of piperidine rings is 1. The zero-order valence-corrected chi connectivity index (χ0v) is 18.2. The van der Waals surface area contributed by atoms with Gasteiger partial charge in [-0.2, -0.15) is 9.19 Å². The number of aromatic nitrogens is 3. The first-order chi connectivity index (χ1) is 14.4. The van der Waals surface area contributed by atoms with E-state index in [-0.39, 0.29) is 11.3 Å². The van der Waals surface area contributed by atoms with Crippen LogP contribution in [0, 0.1) is 6.92 Å². The third-order valence-corrected chi connectivity index (χ3v) is 8.31. The van der Waals surface area contributed by atoms with E-state index >= 15 is 0 Å². The summed E-state index contributed by atoms with van der Waals surface area (Å²) in [6.07, 6.45) is 2.29. The van der Waals surface area contributed by atoms with Gasteiger partial charge in [0.2, 0.25) is 5.88 Å². The summed E-state index contributed by atoms with van der Waals surface area (Å²) in [5.41, 5.74) is 1.54. The second-order valence-electron chi connectivity index (χ2n) is 7.05. The van der Waals surface area contributed by atoms with Crippen LogP contribution in [0.15, 0.2) is 35.5 Å². The highest BCUT2D eigenvalue weighted by molar-refractivity contribution is 7.92. The van der Waals surface area contributed by atoms with Gasteiger partial charge < -0.3 is 9.64 Å². The smallest absolute Gasteiger partial charge is 0.323 e. The van der Waals surface area contributed by atoms with Crippen molar-refractivity contribution in [3.63, 3.8) is 0 Å². The predicted molar refractivity (Wildman–Crippen MR) is 115 cm³/mol. The van der Waals surface area contributed by atoms with Crippen molar-refractivity contribution < 1.29 is 17.9 Å². The van der Waals surface area contributed by atoms with Crippen LogP contribution in [0.3, 0.4) is 0 Å².